The van der Waals surface area contributed by atoms with Crippen molar-refractivity contribution in [1.29, 1.82) is 0 Å². The van der Waals surface area contributed by atoms with E-state index >= 15 is 0 Å². The van der Waals surface area contributed by atoms with E-state index in [2.05, 4.69) is 37.1 Å². The zero-order valence-electron chi connectivity index (χ0n) is 11.1. The van der Waals surface area contributed by atoms with E-state index in [9.17, 15) is 5.11 Å². The molecule has 0 aliphatic carbocycles. The molecule has 1 aromatic heterocycles. The second kappa shape index (κ2) is 5.09. The molecule has 1 unspecified atom stereocenters. The van der Waals surface area contributed by atoms with Crippen LogP contribution in [0.4, 0.5) is 0 Å². The number of likely N-dealkylation sites (tertiary alicyclic amines) is 1. The summed E-state index contributed by atoms with van der Waals surface area (Å²) in [7, 11) is 0. The van der Waals surface area contributed by atoms with Crippen LogP contribution < -0.4 is 0 Å². The van der Waals surface area contributed by atoms with Gasteiger partial charge in [-0.15, -0.1) is 11.3 Å². The molecule has 17 heavy (non-hydrogen) atoms. The predicted molar refractivity (Wildman–Crippen MR) is 73.5 cm³/mol. The molecule has 0 aromatic carbocycles. The normalized spacial score (nSPS) is 20.5. The lowest BCUT2D eigenvalue weighted by molar-refractivity contribution is -0.0193. The summed E-state index contributed by atoms with van der Waals surface area (Å²) in [5.41, 5.74) is 1.06. The van der Waals surface area contributed by atoms with Gasteiger partial charge in [0.2, 0.25) is 0 Å². The van der Waals surface area contributed by atoms with Gasteiger partial charge in [-0.2, -0.15) is 0 Å². The first kappa shape index (κ1) is 13.1. The van der Waals surface area contributed by atoms with Gasteiger partial charge in [0.25, 0.3) is 0 Å². The van der Waals surface area contributed by atoms with Crippen LogP contribution >= 0.6 is 11.3 Å². The van der Waals surface area contributed by atoms with Gasteiger partial charge in [0.15, 0.2) is 0 Å². The molecule has 1 aliphatic heterocycles. The first-order valence-corrected chi connectivity index (χ1v) is 7.38. The summed E-state index contributed by atoms with van der Waals surface area (Å²) in [5, 5.41) is 12.7. The Hall–Kier alpha value is -0.380. The summed E-state index contributed by atoms with van der Waals surface area (Å²) in [4.78, 5) is 3.57. The standard InChI is InChI=1S/C14H23NOS/c1-11-7-10-17-12(11)13(16)14(2,3)15-8-5-4-6-9-15/h7,10,13,16H,4-6,8-9H2,1-3H3. The molecule has 0 bridgehead atoms. The summed E-state index contributed by atoms with van der Waals surface area (Å²) >= 11 is 1.67. The molecule has 2 heterocycles. The third-order valence-corrected chi connectivity index (χ3v) is 5.06. The maximum atomic E-state index is 10.6. The van der Waals surface area contributed by atoms with E-state index in [1.807, 2.05) is 0 Å². The van der Waals surface area contributed by atoms with Crippen LogP contribution in [0.2, 0.25) is 0 Å². The molecule has 0 radical (unpaired) electrons. The zero-order valence-corrected chi connectivity index (χ0v) is 11.9. The van der Waals surface area contributed by atoms with Crippen molar-refractivity contribution in [3.63, 3.8) is 0 Å². The maximum absolute atomic E-state index is 10.6. The number of hydrogen-bond donors (Lipinski definition) is 1. The predicted octanol–water partition coefficient (Wildman–Crippen LogP) is 3.35. The monoisotopic (exact) mass is 253 g/mol. The highest BCUT2D eigenvalue weighted by Crippen LogP contribution is 2.36. The first-order chi connectivity index (χ1) is 8.03. The van der Waals surface area contributed by atoms with Crippen LogP contribution in [0.5, 0.6) is 0 Å². The second-order valence-electron chi connectivity index (χ2n) is 5.57. The van der Waals surface area contributed by atoms with E-state index in [1.165, 1.54) is 24.8 Å². The van der Waals surface area contributed by atoms with Gasteiger partial charge in [0.05, 0.1) is 0 Å². The zero-order chi connectivity index (χ0) is 12.5. The molecule has 2 nitrogen and oxygen atoms in total. The topological polar surface area (TPSA) is 23.5 Å². The fourth-order valence-electron chi connectivity index (χ4n) is 2.63. The van der Waals surface area contributed by atoms with Crippen LogP contribution in [0, 0.1) is 6.92 Å². The third kappa shape index (κ3) is 2.56. The van der Waals surface area contributed by atoms with Gasteiger partial charge in [0.1, 0.15) is 6.10 Å². The molecule has 1 aliphatic rings. The molecule has 2 rings (SSSR count). The lowest BCUT2D eigenvalue weighted by atomic mass is 9.90. The Balaban J connectivity index is 2.16. The van der Waals surface area contributed by atoms with E-state index in [1.54, 1.807) is 11.3 Å². The fourth-order valence-corrected chi connectivity index (χ4v) is 3.72. The second-order valence-corrected chi connectivity index (χ2v) is 6.52. The number of hydrogen-bond acceptors (Lipinski definition) is 3. The minimum atomic E-state index is -0.374. The van der Waals surface area contributed by atoms with Gasteiger partial charge in [-0.1, -0.05) is 6.42 Å². The van der Waals surface area contributed by atoms with Crippen LogP contribution in [-0.2, 0) is 0 Å². The van der Waals surface area contributed by atoms with Crippen LogP contribution in [0.25, 0.3) is 0 Å². The van der Waals surface area contributed by atoms with E-state index in [4.69, 9.17) is 0 Å². The number of aliphatic hydroxyl groups excluding tert-OH is 1. The molecule has 1 aromatic rings. The number of nitrogens with zero attached hydrogens (tertiary/aromatic N) is 1. The highest BCUT2D eigenvalue weighted by molar-refractivity contribution is 7.10. The number of aryl methyl sites for hydroxylation is 1. The van der Waals surface area contributed by atoms with Gasteiger partial charge < -0.3 is 5.11 Å². The highest BCUT2D eigenvalue weighted by atomic mass is 32.1. The van der Waals surface area contributed by atoms with Crippen molar-refractivity contribution in [2.45, 2.75) is 51.7 Å². The Labute approximate surface area is 108 Å². The van der Waals surface area contributed by atoms with Crippen molar-refractivity contribution in [1.82, 2.24) is 4.90 Å². The molecule has 1 fully saturated rings. The van der Waals surface area contributed by atoms with Gasteiger partial charge in [-0.3, -0.25) is 4.90 Å². The van der Waals surface area contributed by atoms with Crippen molar-refractivity contribution in [2.24, 2.45) is 0 Å². The van der Waals surface area contributed by atoms with E-state index < -0.39 is 0 Å². The summed E-state index contributed by atoms with van der Waals surface area (Å²) in [6.45, 7) is 8.66. The fraction of sp³-hybridized carbons (Fsp3) is 0.714. The molecular formula is C14H23NOS. The summed E-state index contributed by atoms with van der Waals surface area (Å²) in [5.74, 6) is 0. The molecule has 1 atom stereocenters. The number of thiophene rings is 1. The molecular weight excluding hydrogens is 230 g/mol. The number of aliphatic hydroxyl groups is 1. The SMILES string of the molecule is Cc1ccsc1C(O)C(C)(C)N1CCCCC1. The number of piperidine rings is 1. The Morgan fingerprint density at radius 2 is 1.94 bits per heavy atom. The smallest absolute Gasteiger partial charge is 0.106 e. The van der Waals surface area contributed by atoms with E-state index in [-0.39, 0.29) is 11.6 Å². The summed E-state index contributed by atoms with van der Waals surface area (Å²) in [6, 6.07) is 2.09. The number of rotatable bonds is 3. The van der Waals surface area contributed by atoms with Crippen molar-refractivity contribution in [3.8, 4) is 0 Å². The minimum Gasteiger partial charge on any atom is -0.386 e. The van der Waals surface area contributed by atoms with Crippen LogP contribution in [0.15, 0.2) is 11.4 Å². The Bertz CT molecular complexity index is 366. The van der Waals surface area contributed by atoms with Gasteiger partial charge in [-0.25, -0.2) is 0 Å². The lowest BCUT2D eigenvalue weighted by Gasteiger charge is -2.43. The van der Waals surface area contributed by atoms with Gasteiger partial charge in [-0.05, 0) is 63.7 Å². The summed E-state index contributed by atoms with van der Waals surface area (Å²) in [6.07, 6.45) is 3.49. The minimum absolute atomic E-state index is 0.157. The van der Waals surface area contributed by atoms with E-state index in [0.717, 1.165) is 18.0 Å². The van der Waals surface area contributed by atoms with Crippen LogP contribution in [-0.4, -0.2) is 28.6 Å². The maximum Gasteiger partial charge on any atom is 0.106 e. The summed E-state index contributed by atoms with van der Waals surface area (Å²) < 4.78 is 0. The van der Waals surface area contributed by atoms with Crippen molar-refractivity contribution in [2.75, 3.05) is 13.1 Å². The van der Waals surface area contributed by atoms with Crippen molar-refractivity contribution in [3.05, 3.63) is 21.9 Å². The molecule has 0 saturated carbocycles. The van der Waals surface area contributed by atoms with Gasteiger partial charge >= 0.3 is 0 Å². The highest BCUT2D eigenvalue weighted by Gasteiger charge is 2.36. The first-order valence-electron chi connectivity index (χ1n) is 6.50. The van der Waals surface area contributed by atoms with Crippen LogP contribution in [0.1, 0.15) is 49.7 Å². The Morgan fingerprint density at radius 3 is 2.47 bits per heavy atom. The molecule has 0 amide bonds. The molecule has 3 heteroatoms. The quantitative estimate of drug-likeness (QED) is 0.893. The van der Waals surface area contributed by atoms with Crippen molar-refractivity contribution >= 4 is 11.3 Å². The van der Waals surface area contributed by atoms with Gasteiger partial charge in [0, 0.05) is 10.4 Å². The molecule has 0 spiro atoms. The van der Waals surface area contributed by atoms with Crippen molar-refractivity contribution < 1.29 is 5.11 Å². The lowest BCUT2D eigenvalue weighted by Crippen LogP contribution is -2.50. The Kier molecular flexibility index (Phi) is 3.91. The molecule has 1 N–H and O–H groups in total. The van der Waals surface area contributed by atoms with E-state index in [0.29, 0.717) is 0 Å². The van der Waals surface area contributed by atoms with Crippen LogP contribution in [0.3, 0.4) is 0 Å². The average Bonchev–Trinajstić information content (AvgIpc) is 2.75. The molecule has 96 valence electrons. The Morgan fingerprint density at radius 1 is 1.29 bits per heavy atom. The average molecular weight is 253 g/mol. The third-order valence-electron chi connectivity index (χ3n) is 3.99. The molecule has 1 saturated heterocycles. The largest absolute Gasteiger partial charge is 0.386 e.